The van der Waals surface area contributed by atoms with Crippen LogP contribution in [0.15, 0.2) is 18.2 Å². The van der Waals surface area contributed by atoms with Gasteiger partial charge in [-0.3, -0.25) is 4.79 Å². The van der Waals surface area contributed by atoms with Crippen molar-refractivity contribution >= 4 is 5.91 Å². The van der Waals surface area contributed by atoms with Gasteiger partial charge in [-0.25, -0.2) is 0 Å². The minimum Gasteiger partial charge on any atom is -0.383 e. The molecule has 110 valence electrons. The zero-order valence-corrected chi connectivity index (χ0v) is 12.6. The van der Waals surface area contributed by atoms with E-state index in [-0.39, 0.29) is 12.5 Å². The second-order valence-corrected chi connectivity index (χ2v) is 5.68. The first-order valence-electron chi connectivity index (χ1n) is 7.14. The maximum Gasteiger partial charge on any atom is 0.242 e. The van der Waals surface area contributed by atoms with Gasteiger partial charge < -0.3 is 15.4 Å². The quantitative estimate of drug-likeness (QED) is 0.861. The molecule has 0 radical (unpaired) electrons. The van der Waals surface area contributed by atoms with Crippen LogP contribution in [0, 0.1) is 13.8 Å². The first-order chi connectivity index (χ1) is 9.52. The fraction of sp³-hybridized carbons (Fsp3) is 0.562. The predicted molar refractivity (Wildman–Crippen MR) is 79.3 cm³/mol. The molecule has 1 atom stereocenters. The molecule has 1 aliphatic rings. The lowest BCUT2D eigenvalue weighted by Gasteiger charge is -2.25. The zero-order valence-electron chi connectivity index (χ0n) is 12.6. The monoisotopic (exact) mass is 276 g/mol. The summed E-state index contributed by atoms with van der Waals surface area (Å²) in [7, 11) is 1.57. The number of methoxy groups -OCH3 is 1. The van der Waals surface area contributed by atoms with Crippen LogP contribution in [0.3, 0.4) is 0 Å². The highest BCUT2D eigenvalue weighted by molar-refractivity contribution is 5.82. The van der Waals surface area contributed by atoms with E-state index in [1.807, 2.05) is 4.90 Å². The van der Waals surface area contributed by atoms with Gasteiger partial charge in [-0.05, 0) is 43.4 Å². The van der Waals surface area contributed by atoms with Crippen molar-refractivity contribution in [2.24, 2.45) is 5.73 Å². The average Bonchev–Trinajstić information content (AvgIpc) is 3.24. The Morgan fingerprint density at radius 2 is 2.10 bits per heavy atom. The van der Waals surface area contributed by atoms with Crippen molar-refractivity contribution in [2.45, 2.75) is 45.3 Å². The van der Waals surface area contributed by atoms with Crippen molar-refractivity contribution in [1.82, 2.24) is 4.90 Å². The Balaban J connectivity index is 2.09. The van der Waals surface area contributed by atoms with Gasteiger partial charge in [0.2, 0.25) is 5.91 Å². The molecular weight excluding hydrogens is 252 g/mol. The summed E-state index contributed by atoms with van der Waals surface area (Å²) in [5, 5.41) is 0. The van der Waals surface area contributed by atoms with Gasteiger partial charge in [0.15, 0.2) is 0 Å². The summed E-state index contributed by atoms with van der Waals surface area (Å²) >= 11 is 0. The number of hydrogen-bond donors (Lipinski definition) is 1. The number of benzene rings is 1. The maximum absolute atomic E-state index is 12.4. The number of hydrogen-bond acceptors (Lipinski definition) is 3. The van der Waals surface area contributed by atoms with Gasteiger partial charge in [0.25, 0.3) is 0 Å². The fourth-order valence-corrected chi connectivity index (χ4v) is 2.34. The minimum absolute atomic E-state index is 0.00687. The molecule has 0 aromatic heterocycles. The molecule has 0 spiro atoms. The van der Waals surface area contributed by atoms with E-state index in [4.69, 9.17) is 10.5 Å². The van der Waals surface area contributed by atoms with Gasteiger partial charge in [0.1, 0.15) is 6.04 Å². The van der Waals surface area contributed by atoms with E-state index in [2.05, 4.69) is 32.0 Å². The Bertz CT molecular complexity index is 483. The molecule has 1 unspecified atom stereocenters. The number of nitrogens with zero attached hydrogens (tertiary/aromatic N) is 1. The van der Waals surface area contributed by atoms with E-state index in [1.54, 1.807) is 7.11 Å². The van der Waals surface area contributed by atoms with Gasteiger partial charge in [-0.15, -0.1) is 0 Å². The lowest BCUT2D eigenvalue weighted by Crippen LogP contribution is -2.46. The number of amides is 1. The minimum atomic E-state index is -0.563. The average molecular weight is 276 g/mol. The normalized spacial score (nSPS) is 16.0. The van der Waals surface area contributed by atoms with Gasteiger partial charge in [0, 0.05) is 19.7 Å². The van der Waals surface area contributed by atoms with Crippen LogP contribution >= 0.6 is 0 Å². The lowest BCUT2D eigenvalue weighted by molar-refractivity contribution is -0.135. The molecule has 0 aliphatic heterocycles. The summed E-state index contributed by atoms with van der Waals surface area (Å²) in [6.07, 6.45) is 2.16. The molecule has 0 bridgehead atoms. The molecular formula is C16H24N2O2. The van der Waals surface area contributed by atoms with Crippen molar-refractivity contribution in [3.63, 3.8) is 0 Å². The molecule has 1 amide bonds. The van der Waals surface area contributed by atoms with Crippen LogP contribution in [0.2, 0.25) is 0 Å². The molecule has 4 nitrogen and oxygen atoms in total. The highest BCUT2D eigenvalue weighted by atomic mass is 16.5. The van der Waals surface area contributed by atoms with E-state index in [1.165, 1.54) is 11.1 Å². The molecule has 0 heterocycles. The van der Waals surface area contributed by atoms with Gasteiger partial charge in [0.05, 0.1) is 6.61 Å². The number of rotatable bonds is 6. The van der Waals surface area contributed by atoms with Crippen molar-refractivity contribution in [3.05, 3.63) is 34.9 Å². The summed E-state index contributed by atoms with van der Waals surface area (Å²) in [6.45, 7) is 5.10. The molecule has 4 heteroatoms. The topological polar surface area (TPSA) is 55.6 Å². The Morgan fingerprint density at radius 1 is 1.40 bits per heavy atom. The second kappa shape index (κ2) is 6.37. The first kappa shape index (κ1) is 15.0. The Morgan fingerprint density at radius 3 is 2.65 bits per heavy atom. The third-order valence-electron chi connectivity index (χ3n) is 3.86. The SMILES string of the molecule is COCC(N)C(=O)N(Cc1ccc(C)c(C)c1)C1CC1. The van der Waals surface area contributed by atoms with Crippen molar-refractivity contribution in [2.75, 3.05) is 13.7 Å². The van der Waals surface area contributed by atoms with Crippen LogP contribution in [0.1, 0.15) is 29.5 Å². The Hall–Kier alpha value is -1.39. The Labute approximate surface area is 120 Å². The third-order valence-corrected chi connectivity index (χ3v) is 3.86. The summed E-state index contributed by atoms with van der Waals surface area (Å²) in [5.41, 5.74) is 9.58. The highest BCUT2D eigenvalue weighted by Crippen LogP contribution is 2.29. The highest BCUT2D eigenvalue weighted by Gasteiger charge is 2.34. The number of carbonyl (C=O) groups excluding carboxylic acids is 1. The molecule has 1 aromatic rings. The van der Waals surface area contributed by atoms with Gasteiger partial charge in [-0.2, -0.15) is 0 Å². The molecule has 0 saturated heterocycles. The molecule has 1 aliphatic carbocycles. The van der Waals surface area contributed by atoms with E-state index >= 15 is 0 Å². The van der Waals surface area contributed by atoms with Crippen molar-refractivity contribution < 1.29 is 9.53 Å². The second-order valence-electron chi connectivity index (χ2n) is 5.68. The number of nitrogens with two attached hydrogens (primary N) is 1. The largest absolute Gasteiger partial charge is 0.383 e. The van der Waals surface area contributed by atoms with E-state index in [0.29, 0.717) is 12.6 Å². The predicted octanol–water partition coefficient (Wildman–Crippen LogP) is 1.77. The molecule has 1 aromatic carbocycles. The van der Waals surface area contributed by atoms with Crippen LogP contribution in [-0.4, -0.2) is 36.6 Å². The van der Waals surface area contributed by atoms with Crippen molar-refractivity contribution in [1.29, 1.82) is 0 Å². The summed E-state index contributed by atoms with van der Waals surface area (Å²) in [5.74, 6) is -0.00687. The van der Waals surface area contributed by atoms with Crippen molar-refractivity contribution in [3.8, 4) is 0 Å². The van der Waals surface area contributed by atoms with Crippen LogP contribution < -0.4 is 5.73 Å². The molecule has 1 fully saturated rings. The van der Waals surface area contributed by atoms with Crippen LogP contribution in [0.5, 0.6) is 0 Å². The first-order valence-corrected chi connectivity index (χ1v) is 7.14. The summed E-state index contributed by atoms with van der Waals surface area (Å²) in [4.78, 5) is 14.3. The van der Waals surface area contributed by atoms with E-state index < -0.39 is 6.04 Å². The molecule has 20 heavy (non-hydrogen) atoms. The van der Waals surface area contributed by atoms with E-state index in [0.717, 1.165) is 18.4 Å². The molecule has 1 saturated carbocycles. The van der Waals surface area contributed by atoms with Crippen LogP contribution in [-0.2, 0) is 16.1 Å². The smallest absolute Gasteiger partial charge is 0.242 e. The van der Waals surface area contributed by atoms with Crippen LogP contribution in [0.25, 0.3) is 0 Å². The van der Waals surface area contributed by atoms with E-state index in [9.17, 15) is 4.79 Å². The summed E-state index contributed by atoms with van der Waals surface area (Å²) < 4.78 is 4.99. The molecule has 2 rings (SSSR count). The van der Waals surface area contributed by atoms with Gasteiger partial charge in [-0.1, -0.05) is 18.2 Å². The lowest BCUT2D eigenvalue weighted by atomic mass is 10.1. The summed E-state index contributed by atoms with van der Waals surface area (Å²) in [6, 6.07) is 6.14. The number of carbonyl (C=O) groups is 1. The van der Waals surface area contributed by atoms with Crippen LogP contribution in [0.4, 0.5) is 0 Å². The van der Waals surface area contributed by atoms with Gasteiger partial charge >= 0.3 is 0 Å². The number of ether oxygens (including phenoxy) is 1. The number of aryl methyl sites for hydroxylation is 2. The maximum atomic E-state index is 12.4. The standard InChI is InChI=1S/C16H24N2O2/c1-11-4-5-13(8-12(11)2)9-18(14-6-7-14)16(19)15(17)10-20-3/h4-5,8,14-15H,6-7,9-10,17H2,1-3H3. The zero-order chi connectivity index (χ0) is 14.7. The Kier molecular flexibility index (Phi) is 4.78. The third kappa shape index (κ3) is 3.58. The molecule has 2 N–H and O–H groups in total. The fourth-order valence-electron chi connectivity index (χ4n) is 2.34.